The largest absolute Gasteiger partial charge is 0.366 e. The van der Waals surface area contributed by atoms with E-state index in [1.54, 1.807) is 17.3 Å². The van der Waals surface area contributed by atoms with Crippen molar-refractivity contribution < 1.29 is 9.53 Å². The maximum atomic E-state index is 12.8. The van der Waals surface area contributed by atoms with Crippen LogP contribution in [-0.4, -0.2) is 50.3 Å². The van der Waals surface area contributed by atoms with Crippen LogP contribution < -0.4 is 5.56 Å². The Morgan fingerprint density at radius 3 is 2.96 bits per heavy atom. The summed E-state index contributed by atoms with van der Waals surface area (Å²) in [5.41, 5.74) is 0.800. The van der Waals surface area contributed by atoms with Crippen molar-refractivity contribution in [2.75, 3.05) is 19.7 Å². The van der Waals surface area contributed by atoms with E-state index in [2.05, 4.69) is 15.2 Å². The molecule has 2 aromatic rings. The fourth-order valence-electron chi connectivity index (χ4n) is 3.21. The van der Waals surface area contributed by atoms with Crippen LogP contribution in [0.15, 0.2) is 23.3 Å². The Hall–Kier alpha value is -2.48. The Balaban J connectivity index is 1.53. The van der Waals surface area contributed by atoms with Gasteiger partial charge in [0.05, 0.1) is 13.2 Å². The van der Waals surface area contributed by atoms with Crippen molar-refractivity contribution >= 4 is 5.91 Å². The van der Waals surface area contributed by atoms with Crippen LogP contribution in [0.2, 0.25) is 0 Å². The monoisotopic (exact) mass is 343 g/mol. The van der Waals surface area contributed by atoms with Crippen LogP contribution in [0, 0.1) is 0 Å². The highest BCUT2D eigenvalue weighted by Gasteiger charge is 2.31. The molecule has 1 amide bonds. The molecule has 1 saturated heterocycles. The lowest BCUT2D eigenvalue weighted by atomic mass is 10.1. The molecule has 1 aliphatic carbocycles. The first-order valence-electron chi connectivity index (χ1n) is 8.69. The Morgan fingerprint density at radius 2 is 2.24 bits per heavy atom. The van der Waals surface area contributed by atoms with E-state index in [0.29, 0.717) is 31.4 Å². The van der Waals surface area contributed by atoms with Crippen molar-refractivity contribution in [2.45, 2.75) is 38.3 Å². The number of hydrogen-bond acceptors (Lipinski definition) is 5. The summed E-state index contributed by atoms with van der Waals surface area (Å²) >= 11 is 0. The Morgan fingerprint density at radius 1 is 1.40 bits per heavy atom. The number of carbonyl (C=O) groups excluding carboxylic acids is 1. The van der Waals surface area contributed by atoms with Crippen LogP contribution in [0.3, 0.4) is 0 Å². The lowest BCUT2D eigenvalue weighted by Gasteiger charge is -2.32. The normalized spacial score (nSPS) is 20.7. The number of nitrogens with zero attached hydrogens (tertiary/aromatic N) is 4. The second-order valence-corrected chi connectivity index (χ2v) is 6.52. The molecule has 8 nitrogen and oxygen atoms in total. The van der Waals surface area contributed by atoms with E-state index in [-0.39, 0.29) is 23.1 Å². The number of rotatable bonds is 4. The average molecular weight is 343 g/mol. The van der Waals surface area contributed by atoms with Crippen molar-refractivity contribution in [3.63, 3.8) is 0 Å². The maximum Gasteiger partial charge on any atom is 0.261 e. The topological polar surface area (TPSA) is 93.1 Å². The van der Waals surface area contributed by atoms with Gasteiger partial charge in [-0.05, 0) is 37.8 Å². The van der Waals surface area contributed by atoms with Crippen molar-refractivity contribution in [1.82, 2.24) is 24.6 Å². The van der Waals surface area contributed by atoms with E-state index in [1.165, 1.54) is 0 Å². The highest BCUT2D eigenvalue weighted by Crippen LogP contribution is 2.38. The summed E-state index contributed by atoms with van der Waals surface area (Å²) in [5.74, 6) is 0.891. The number of carbonyl (C=O) groups is 1. The molecule has 1 saturated carbocycles. The van der Waals surface area contributed by atoms with Gasteiger partial charge in [0, 0.05) is 18.8 Å². The number of aromatic nitrogens is 4. The third-order valence-corrected chi connectivity index (χ3v) is 4.81. The number of nitrogens with one attached hydrogen (secondary N) is 1. The van der Waals surface area contributed by atoms with Gasteiger partial charge in [0.15, 0.2) is 5.82 Å². The van der Waals surface area contributed by atoms with Crippen LogP contribution in [0.25, 0.3) is 0 Å². The average Bonchev–Trinajstić information content (AvgIpc) is 3.38. The third-order valence-electron chi connectivity index (χ3n) is 4.81. The molecule has 2 aromatic heterocycles. The first-order chi connectivity index (χ1) is 12.2. The molecule has 2 fully saturated rings. The number of hydrogen-bond donors (Lipinski definition) is 1. The predicted molar refractivity (Wildman–Crippen MR) is 89.3 cm³/mol. The zero-order valence-electron chi connectivity index (χ0n) is 14.1. The van der Waals surface area contributed by atoms with E-state index in [9.17, 15) is 9.59 Å². The number of aromatic amines is 1. The summed E-state index contributed by atoms with van der Waals surface area (Å²) in [6.45, 7) is 3.96. The van der Waals surface area contributed by atoms with Gasteiger partial charge in [0.2, 0.25) is 0 Å². The molecule has 0 radical (unpaired) electrons. The van der Waals surface area contributed by atoms with Gasteiger partial charge in [-0.2, -0.15) is 0 Å². The van der Waals surface area contributed by atoms with E-state index in [0.717, 1.165) is 25.1 Å². The van der Waals surface area contributed by atoms with Gasteiger partial charge in [-0.25, -0.2) is 0 Å². The van der Waals surface area contributed by atoms with Gasteiger partial charge in [-0.15, -0.1) is 10.2 Å². The second kappa shape index (κ2) is 6.44. The molecule has 1 atom stereocenters. The summed E-state index contributed by atoms with van der Waals surface area (Å²) in [5, 5.41) is 8.03. The quantitative estimate of drug-likeness (QED) is 0.896. The maximum absolute atomic E-state index is 12.8. The summed E-state index contributed by atoms with van der Waals surface area (Å²) in [6, 6.07) is 3.51. The minimum absolute atomic E-state index is 0.182. The summed E-state index contributed by atoms with van der Waals surface area (Å²) < 4.78 is 7.67. The smallest absolute Gasteiger partial charge is 0.261 e. The number of pyridine rings is 1. The van der Waals surface area contributed by atoms with E-state index in [1.807, 2.05) is 17.6 Å². The standard InChI is InChI=1S/C17H21N5O3/c1-2-21-10-18-20-15(21)14-9-22(7-8-25-14)17(24)12-5-6-13(11-3-4-11)19-16(12)23/h5-6,10-11,14H,2-4,7-9H2,1H3,(H,19,23). The van der Waals surface area contributed by atoms with Gasteiger partial charge in [-0.3, -0.25) is 9.59 Å². The first kappa shape index (κ1) is 16.0. The molecule has 1 N–H and O–H groups in total. The highest BCUT2D eigenvalue weighted by molar-refractivity contribution is 5.94. The molecular formula is C17H21N5O3. The summed E-state index contributed by atoms with van der Waals surface area (Å²) in [7, 11) is 0. The lowest BCUT2D eigenvalue weighted by Crippen LogP contribution is -2.44. The number of H-pyrrole nitrogens is 1. The van der Waals surface area contributed by atoms with Gasteiger partial charge in [-0.1, -0.05) is 0 Å². The molecule has 25 heavy (non-hydrogen) atoms. The molecule has 8 heteroatoms. The van der Waals surface area contributed by atoms with Gasteiger partial charge < -0.3 is 19.2 Å². The lowest BCUT2D eigenvalue weighted by molar-refractivity contribution is -0.0284. The summed E-state index contributed by atoms with van der Waals surface area (Å²) in [6.07, 6.45) is 3.53. The molecule has 2 aliphatic rings. The molecule has 0 bridgehead atoms. The molecule has 132 valence electrons. The fraction of sp³-hybridized carbons (Fsp3) is 0.529. The van der Waals surface area contributed by atoms with Crippen LogP contribution in [0.1, 0.15) is 53.7 Å². The molecule has 0 spiro atoms. The minimum atomic E-state index is -0.329. The Labute approximate surface area is 144 Å². The number of aryl methyl sites for hydroxylation is 1. The van der Waals surface area contributed by atoms with E-state index < -0.39 is 0 Å². The highest BCUT2D eigenvalue weighted by atomic mass is 16.5. The van der Waals surface area contributed by atoms with Crippen LogP contribution >= 0.6 is 0 Å². The van der Waals surface area contributed by atoms with Crippen molar-refractivity contribution in [3.8, 4) is 0 Å². The molecule has 1 aliphatic heterocycles. The molecule has 0 aromatic carbocycles. The predicted octanol–water partition coefficient (Wildman–Crippen LogP) is 1.08. The van der Waals surface area contributed by atoms with E-state index in [4.69, 9.17) is 4.74 Å². The Bertz CT molecular complexity index is 839. The van der Waals surface area contributed by atoms with Gasteiger partial charge >= 0.3 is 0 Å². The fourth-order valence-corrected chi connectivity index (χ4v) is 3.21. The van der Waals surface area contributed by atoms with Crippen LogP contribution in [0.4, 0.5) is 0 Å². The number of amides is 1. The second-order valence-electron chi connectivity index (χ2n) is 6.52. The molecule has 1 unspecified atom stereocenters. The van der Waals surface area contributed by atoms with Crippen LogP contribution in [0.5, 0.6) is 0 Å². The number of morpholine rings is 1. The van der Waals surface area contributed by atoms with Crippen molar-refractivity contribution in [1.29, 1.82) is 0 Å². The molecular weight excluding hydrogens is 322 g/mol. The molecule has 3 heterocycles. The number of ether oxygens (including phenoxy) is 1. The van der Waals surface area contributed by atoms with E-state index >= 15 is 0 Å². The Kier molecular flexibility index (Phi) is 4.12. The van der Waals surface area contributed by atoms with Crippen molar-refractivity contribution in [3.05, 3.63) is 45.9 Å². The van der Waals surface area contributed by atoms with Crippen molar-refractivity contribution in [2.24, 2.45) is 0 Å². The zero-order chi connectivity index (χ0) is 17.4. The SMILES string of the molecule is CCn1cnnc1C1CN(C(=O)c2ccc(C3CC3)[nH]c2=O)CCO1. The third kappa shape index (κ3) is 3.09. The van der Waals surface area contributed by atoms with Gasteiger partial charge in [0.25, 0.3) is 11.5 Å². The summed E-state index contributed by atoms with van der Waals surface area (Å²) in [4.78, 5) is 29.6. The van der Waals surface area contributed by atoms with Gasteiger partial charge in [0.1, 0.15) is 18.0 Å². The first-order valence-corrected chi connectivity index (χ1v) is 8.69. The zero-order valence-corrected chi connectivity index (χ0v) is 14.1. The minimum Gasteiger partial charge on any atom is -0.366 e. The van der Waals surface area contributed by atoms with Crippen LogP contribution in [-0.2, 0) is 11.3 Å². The molecule has 4 rings (SSSR count).